The zero-order valence-corrected chi connectivity index (χ0v) is 10.6. The van der Waals surface area contributed by atoms with Crippen LogP contribution in [0.5, 0.6) is 17.2 Å². The van der Waals surface area contributed by atoms with E-state index in [1.54, 1.807) is 7.11 Å². The van der Waals surface area contributed by atoms with E-state index in [4.69, 9.17) is 14.2 Å². The molecule has 0 unspecified atom stereocenters. The average molecular weight is 236 g/mol. The Labute approximate surface area is 101 Å². The van der Waals surface area contributed by atoms with Gasteiger partial charge in [0.25, 0.3) is 0 Å². The summed E-state index contributed by atoms with van der Waals surface area (Å²) in [7, 11) is 6.19. The second-order valence-corrected chi connectivity index (χ2v) is 5.35. The van der Waals surface area contributed by atoms with Crippen LogP contribution in [-0.4, -0.2) is 39.0 Å². The Morgan fingerprint density at radius 2 is 2.12 bits per heavy atom. The molecule has 0 N–H and O–H groups in total. The van der Waals surface area contributed by atoms with Crippen LogP contribution in [0.1, 0.15) is 11.1 Å². The van der Waals surface area contributed by atoms with E-state index >= 15 is 0 Å². The first-order valence-corrected chi connectivity index (χ1v) is 5.91. The summed E-state index contributed by atoms with van der Waals surface area (Å²) >= 11 is 0. The number of fused-ring (bicyclic) bond motifs is 2. The summed E-state index contributed by atoms with van der Waals surface area (Å²) in [5.41, 5.74) is 2.61. The highest BCUT2D eigenvalue weighted by atomic mass is 16.7. The Bertz CT molecular complexity index is 468. The quantitative estimate of drug-likeness (QED) is 0.692. The van der Waals surface area contributed by atoms with Crippen molar-refractivity contribution >= 4 is 0 Å². The van der Waals surface area contributed by atoms with Gasteiger partial charge in [0.05, 0.1) is 33.3 Å². The lowest BCUT2D eigenvalue weighted by molar-refractivity contribution is -0.905. The molecule has 0 atom stereocenters. The zero-order valence-electron chi connectivity index (χ0n) is 10.6. The number of hydrogen-bond donors (Lipinski definition) is 0. The lowest BCUT2D eigenvalue weighted by atomic mass is 9.96. The van der Waals surface area contributed by atoms with E-state index in [1.807, 2.05) is 0 Å². The molecule has 0 saturated carbocycles. The third kappa shape index (κ3) is 1.63. The van der Waals surface area contributed by atoms with Gasteiger partial charge in [0.1, 0.15) is 6.54 Å². The smallest absolute Gasteiger partial charge is 0.231 e. The topological polar surface area (TPSA) is 27.7 Å². The Morgan fingerprint density at radius 3 is 2.88 bits per heavy atom. The van der Waals surface area contributed by atoms with E-state index in [2.05, 4.69) is 20.2 Å². The van der Waals surface area contributed by atoms with E-state index in [0.717, 1.165) is 41.2 Å². The lowest BCUT2D eigenvalue weighted by Crippen LogP contribution is -2.43. The van der Waals surface area contributed by atoms with Crippen LogP contribution >= 0.6 is 0 Å². The number of nitrogens with zero attached hydrogens (tertiary/aromatic N) is 1. The molecule has 0 bridgehead atoms. The predicted molar refractivity (Wildman–Crippen MR) is 63.5 cm³/mol. The first kappa shape index (κ1) is 10.7. The molecule has 0 aromatic heterocycles. The van der Waals surface area contributed by atoms with E-state index in [0.29, 0.717) is 6.79 Å². The van der Waals surface area contributed by atoms with Crippen molar-refractivity contribution in [1.29, 1.82) is 0 Å². The van der Waals surface area contributed by atoms with Gasteiger partial charge in [0, 0.05) is 6.42 Å². The maximum Gasteiger partial charge on any atom is 0.231 e. The van der Waals surface area contributed by atoms with Gasteiger partial charge in [-0.05, 0) is 11.6 Å². The first-order chi connectivity index (χ1) is 8.11. The van der Waals surface area contributed by atoms with Gasteiger partial charge in [0.15, 0.2) is 11.5 Å². The minimum atomic E-state index is 0.298. The molecule has 4 heteroatoms. The van der Waals surface area contributed by atoms with Crippen LogP contribution in [0.3, 0.4) is 0 Å². The van der Waals surface area contributed by atoms with Crippen LogP contribution in [0, 0.1) is 0 Å². The van der Waals surface area contributed by atoms with E-state index < -0.39 is 0 Å². The molecule has 0 radical (unpaired) electrons. The van der Waals surface area contributed by atoms with Gasteiger partial charge in [0.2, 0.25) is 12.5 Å². The Morgan fingerprint density at radius 1 is 1.29 bits per heavy atom. The van der Waals surface area contributed by atoms with Crippen molar-refractivity contribution < 1.29 is 18.7 Å². The summed E-state index contributed by atoms with van der Waals surface area (Å²) in [6.45, 7) is 2.43. The van der Waals surface area contributed by atoms with E-state index in [-0.39, 0.29) is 0 Å². The normalized spacial score (nSPS) is 19.9. The molecule has 0 amide bonds. The van der Waals surface area contributed by atoms with Crippen LogP contribution < -0.4 is 14.2 Å². The molecule has 17 heavy (non-hydrogen) atoms. The lowest BCUT2D eigenvalue weighted by Gasteiger charge is -2.35. The van der Waals surface area contributed by atoms with Crippen molar-refractivity contribution in [3.05, 3.63) is 17.2 Å². The summed E-state index contributed by atoms with van der Waals surface area (Å²) in [5.74, 6) is 2.46. The maximum atomic E-state index is 5.53. The number of likely N-dealkylation sites (N-methyl/N-ethyl adjacent to an activating group) is 1. The average Bonchev–Trinajstić information content (AvgIpc) is 2.73. The molecular formula is C13H18NO3+. The second kappa shape index (κ2) is 3.53. The molecule has 1 aromatic rings. The van der Waals surface area contributed by atoms with Crippen LogP contribution in [0.2, 0.25) is 0 Å². The first-order valence-electron chi connectivity index (χ1n) is 5.91. The largest absolute Gasteiger partial charge is 0.492 e. The molecular weight excluding hydrogens is 218 g/mol. The molecule has 0 saturated heterocycles. The highest BCUT2D eigenvalue weighted by Crippen LogP contribution is 2.46. The third-order valence-corrected chi connectivity index (χ3v) is 3.59. The third-order valence-electron chi connectivity index (χ3n) is 3.59. The minimum absolute atomic E-state index is 0.298. The van der Waals surface area contributed by atoms with Gasteiger partial charge in [-0.1, -0.05) is 0 Å². The number of methoxy groups -OCH3 is 1. The molecule has 0 fully saturated rings. The van der Waals surface area contributed by atoms with Crippen LogP contribution in [0.15, 0.2) is 6.07 Å². The van der Waals surface area contributed by atoms with Crippen LogP contribution in [-0.2, 0) is 13.0 Å². The fourth-order valence-electron chi connectivity index (χ4n) is 2.64. The van der Waals surface area contributed by atoms with Gasteiger partial charge < -0.3 is 18.7 Å². The van der Waals surface area contributed by atoms with Crippen molar-refractivity contribution in [3.63, 3.8) is 0 Å². The highest BCUT2D eigenvalue weighted by Gasteiger charge is 2.32. The van der Waals surface area contributed by atoms with Gasteiger partial charge in [-0.25, -0.2) is 0 Å². The monoisotopic (exact) mass is 236 g/mol. The van der Waals surface area contributed by atoms with Gasteiger partial charge in [-0.2, -0.15) is 0 Å². The van der Waals surface area contributed by atoms with Crippen molar-refractivity contribution in [2.45, 2.75) is 13.0 Å². The summed E-state index contributed by atoms with van der Waals surface area (Å²) in [4.78, 5) is 0. The molecule has 2 aliphatic rings. The van der Waals surface area contributed by atoms with Gasteiger partial charge in [-0.3, -0.25) is 0 Å². The number of quaternary nitrogens is 1. The molecule has 4 nitrogen and oxygen atoms in total. The second-order valence-electron chi connectivity index (χ2n) is 5.35. The highest BCUT2D eigenvalue weighted by molar-refractivity contribution is 5.60. The molecule has 0 spiro atoms. The van der Waals surface area contributed by atoms with Crippen LogP contribution in [0.25, 0.3) is 0 Å². The fraction of sp³-hybridized carbons (Fsp3) is 0.538. The maximum absolute atomic E-state index is 5.53. The SMILES string of the molecule is COc1c2c(cc3c1OCO3)CC[N+](C)(C)C2. The van der Waals surface area contributed by atoms with Crippen molar-refractivity contribution in [2.75, 3.05) is 34.5 Å². The van der Waals surface area contributed by atoms with E-state index in [1.165, 1.54) is 11.1 Å². The van der Waals surface area contributed by atoms with Crippen molar-refractivity contribution in [2.24, 2.45) is 0 Å². The van der Waals surface area contributed by atoms with E-state index in [9.17, 15) is 0 Å². The minimum Gasteiger partial charge on any atom is -0.492 e. The van der Waals surface area contributed by atoms with Crippen molar-refractivity contribution in [3.8, 4) is 17.2 Å². The summed E-state index contributed by atoms with van der Waals surface area (Å²) < 4.78 is 17.5. The standard InChI is InChI=1S/C13H18NO3/c1-14(2)5-4-9-6-11-13(17-8-16-11)12(15-3)10(9)7-14/h6H,4-5,7-8H2,1-3H3/q+1. The molecule has 2 heterocycles. The predicted octanol–water partition coefficient (Wildman–Crippen LogP) is 1.56. The van der Waals surface area contributed by atoms with Crippen molar-refractivity contribution in [1.82, 2.24) is 0 Å². The Balaban J connectivity index is 2.15. The van der Waals surface area contributed by atoms with Gasteiger partial charge in [-0.15, -0.1) is 0 Å². The molecule has 0 aliphatic carbocycles. The summed E-state index contributed by atoms with van der Waals surface area (Å²) in [5, 5.41) is 0. The summed E-state index contributed by atoms with van der Waals surface area (Å²) in [6, 6.07) is 2.11. The fourth-order valence-corrected chi connectivity index (χ4v) is 2.64. The van der Waals surface area contributed by atoms with Gasteiger partial charge >= 0.3 is 0 Å². The Hall–Kier alpha value is -1.42. The Kier molecular flexibility index (Phi) is 2.23. The number of rotatable bonds is 1. The summed E-state index contributed by atoms with van der Waals surface area (Å²) in [6.07, 6.45) is 1.06. The molecule has 1 aromatic carbocycles. The molecule has 2 aliphatic heterocycles. The number of hydrogen-bond acceptors (Lipinski definition) is 3. The molecule has 3 rings (SSSR count). The number of ether oxygens (including phenoxy) is 3. The van der Waals surface area contributed by atoms with Crippen LogP contribution in [0.4, 0.5) is 0 Å². The number of benzene rings is 1. The zero-order chi connectivity index (χ0) is 12.0. The molecule has 92 valence electrons.